The average molecular weight is 581 g/mol. The van der Waals surface area contributed by atoms with Gasteiger partial charge in [-0.2, -0.15) is 0 Å². The van der Waals surface area contributed by atoms with Gasteiger partial charge in [0.1, 0.15) is 12.4 Å². The third kappa shape index (κ3) is 4.97. The molecule has 5 aromatic rings. The van der Waals surface area contributed by atoms with Crippen molar-refractivity contribution in [1.29, 1.82) is 0 Å². The molecule has 6 rings (SSSR count). The van der Waals surface area contributed by atoms with Crippen LogP contribution in [0.4, 0.5) is 10.1 Å². The van der Waals surface area contributed by atoms with Crippen LogP contribution in [-0.2, 0) is 20.9 Å². The van der Waals surface area contributed by atoms with Crippen LogP contribution in [0.5, 0.6) is 0 Å². The number of nitrogens with zero attached hydrogens (tertiary/aromatic N) is 3. The van der Waals surface area contributed by atoms with Crippen molar-refractivity contribution in [3.63, 3.8) is 0 Å². The summed E-state index contributed by atoms with van der Waals surface area (Å²) in [6.07, 6.45) is 3.62. The Bertz CT molecular complexity index is 2060. The minimum Gasteiger partial charge on any atom is -0.466 e. The highest BCUT2D eigenvalue weighted by Gasteiger charge is 2.33. The maximum atomic E-state index is 13.9. The molecule has 1 aliphatic rings. The zero-order chi connectivity index (χ0) is 29.4. The SMILES string of the molecule is COC(=O)C1=C(C)N=c2sc(=Cc3cn(CC(=O)Nc4ccc(F)cc4)c4ccccc34)c(=O)n2C1c1ccccc1. The smallest absolute Gasteiger partial charge is 0.338 e. The van der Waals surface area contributed by atoms with Crippen molar-refractivity contribution in [3.05, 3.63) is 133 Å². The van der Waals surface area contributed by atoms with Gasteiger partial charge in [0.25, 0.3) is 5.56 Å². The molecule has 0 bridgehead atoms. The fourth-order valence-corrected chi connectivity index (χ4v) is 6.23. The Morgan fingerprint density at radius 2 is 1.76 bits per heavy atom. The van der Waals surface area contributed by atoms with Gasteiger partial charge in [-0.1, -0.05) is 59.9 Å². The highest BCUT2D eigenvalue weighted by molar-refractivity contribution is 7.07. The molecule has 8 nitrogen and oxygen atoms in total. The molecule has 0 spiro atoms. The maximum absolute atomic E-state index is 13.9. The number of amides is 1. The van der Waals surface area contributed by atoms with Crippen LogP contribution in [0.3, 0.4) is 0 Å². The number of benzene rings is 3. The lowest BCUT2D eigenvalue weighted by Crippen LogP contribution is -2.39. The number of para-hydroxylation sites is 1. The van der Waals surface area contributed by atoms with Crippen LogP contribution in [0.15, 0.2) is 106 Å². The van der Waals surface area contributed by atoms with E-state index in [1.807, 2.05) is 65.4 Å². The van der Waals surface area contributed by atoms with Crippen molar-refractivity contribution in [1.82, 2.24) is 9.13 Å². The van der Waals surface area contributed by atoms with Crippen LogP contribution >= 0.6 is 11.3 Å². The van der Waals surface area contributed by atoms with Crippen molar-refractivity contribution < 1.29 is 18.7 Å². The number of hydrogen-bond acceptors (Lipinski definition) is 6. The van der Waals surface area contributed by atoms with Gasteiger partial charge in [0, 0.05) is 28.4 Å². The minimum absolute atomic E-state index is 0.0165. The summed E-state index contributed by atoms with van der Waals surface area (Å²) in [6.45, 7) is 1.76. The second kappa shape index (κ2) is 11.1. The Kier molecular flexibility index (Phi) is 7.13. The molecule has 3 aromatic carbocycles. The van der Waals surface area contributed by atoms with E-state index in [1.54, 1.807) is 17.6 Å². The van der Waals surface area contributed by atoms with Crippen LogP contribution in [0, 0.1) is 5.82 Å². The number of esters is 1. The summed E-state index contributed by atoms with van der Waals surface area (Å²) in [6, 6.07) is 21.8. The molecule has 2 aromatic heterocycles. The Morgan fingerprint density at radius 1 is 1.05 bits per heavy atom. The number of aromatic nitrogens is 2. The van der Waals surface area contributed by atoms with Crippen LogP contribution in [-0.4, -0.2) is 28.1 Å². The van der Waals surface area contributed by atoms with E-state index in [0.717, 1.165) is 22.0 Å². The van der Waals surface area contributed by atoms with Crippen LogP contribution < -0.4 is 20.2 Å². The predicted octanol–water partition coefficient (Wildman–Crippen LogP) is 4.14. The Labute approximate surface area is 243 Å². The number of carbonyl (C=O) groups is 2. The third-order valence-electron chi connectivity index (χ3n) is 7.09. The first-order valence-corrected chi connectivity index (χ1v) is 13.9. The molecule has 10 heteroatoms. The number of hydrogen-bond donors (Lipinski definition) is 1. The summed E-state index contributed by atoms with van der Waals surface area (Å²) in [4.78, 5) is 44.7. The summed E-state index contributed by atoms with van der Waals surface area (Å²) < 4.78 is 22.1. The molecule has 210 valence electrons. The number of allylic oxidation sites excluding steroid dienone is 1. The number of carbonyl (C=O) groups excluding carboxylic acids is 2. The molecule has 1 N–H and O–H groups in total. The van der Waals surface area contributed by atoms with Gasteiger partial charge >= 0.3 is 5.97 Å². The number of fused-ring (bicyclic) bond motifs is 2. The Balaban J connectivity index is 1.43. The van der Waals surface area contributed by atoms with Crippen molar-refractivity contribution in [2.45, 2.75) is 19.5 Å². The van der Waals surface area contributed by atoms with Crippen molar-refractivity contribution in [2.75, 3.05) is 12.4 Å². The molecule has 1 atom stereocenters. The largest absolute Gasteiger partial charge is 0.466 e. The number of ether oxygens (including phenoxy) is 1. The highest BCUT2D eigenvalue weighted by atomic mass is 32.1. The molecular formula is C32H25FN4O4S. The highest BCUT2D eigenvalue weighted by Crippen LogP contribution is 2.30. The van der Waals surface area contributed by atoms with E-state index in [1.165, 1.54) is 42.7 Å². The number of halogens is 1. The van der Waals surface area contributed by atoms with E-state index in [4.69, 9.17) is 4.74 Å². The van der Waals surface area contributed by atoms with Crippen LogP contribution in [0.1, 0.15) is 24.1 Å². The molecule has 0 saturated heterocycles. The normalized spacial score (nSPS) is 14.9. The summed E-state index contributed by atoms with van der Waals surface area (Å²) in [5.74, 6) is -1.20. The zero-order valence-electron chi connectivity index (χ0n) is 22.7. The molecule has 0 saturated carbocycles. The lowest BCUT2D eigenvalue weighted by molar-refractivity contribution is -0.136. The van der Waals surface area contributed by atoms with Crippen molar-refractivity contribution in [2.24, 2.45) is 4.99 Å². The van der Waals surface area contributed by atoms with E-state index in [-0.39, 0.29) is 23.8 Å². The maximum Gasteiger partial charge on any atom is 0.338 e. The number of thiazole rings is 1. The molecule has 1 amide bonds. The predicted molar refractivity (Wildman–Crippen MR) is 159 cm³/mol. The molecule has 1 unspecified atom stereocenters. The van der Waals surface area contributed by atoms with Crippen LogP contribution in [0.25, 0.3) is 17.0 Å². The first-order valence-electron chi connectivity index (χ1n) is 13.1. The first-order chi connectivity index (χ1) is 20.3. The topological polar surface area (TPSA) is 94.7 Å². The van der Waals surface area contributed by atoms with E-state index in [9.17, 15) is 18.8 Å². The van der Waals surface area contributed by atoms with Crippen LogP contribution in [0.2, 0.25) is 0 Å². The minimum atomic E-state index is -0.687. The molecule has 0 fully saturated rings. The van der Waals surface area contributed by atoms with E-state index in [0.29, 0.717) is 26.3 Å². The fourth-order valence-electron chi connectivity index (χ4n) is 5.19. The summed E-state index contributed by atoms with van der Waals surface area (Å²) in [5, 5.41) is 3.65. The van der Waals surface area contributed by atoms with E-state index in [2.05, 4.69) is 10.3 Å². The van der Waals surface area contributed by atoms with Gasteiger partial charge in [0.15, 0.2) is 4.80 Å². The second-order valence-electron chi connectivity index (χ2n) is 9.77. The standard InChI is InChI=1S/C32H25FN4O4S/c1-19-28(31(40)41-2)29(20-8-4-3-5-9-20)37-30(39)26(42-32(37)34-19)16-21-17-36(25-11-7-6-10-24(21)25)18-27(38)35-23-14-12-22(33)13-15-23/h3-17,29H,18H2,1-2H3,(H,35,38). The summed E-state index contributed by atoms with van der Waals surface area (Å²) in [5.41, 5.74) is 3.35. The lowest BCUT2D eigenvalue weighted by atomic mass is 9.96. The van der Waals surface area contributed by atoms with Gasteiger partial charge in [-0.25, -0.2) is 14.2 Å². The Hall–Kier alpha value is -5.09. The lowest BCUT2D eigenvalue weighted by Gasteiger charge is -2.24. The van der Waals surface area contributed by atoms with E-state index < -0.39 is 12.0 Å². The molecule has 3 heterocycles. The van der Waals surface area contributed by atoms with Gasteiger partial charge < -0.3 is 14.6 Å². The number of anilines is 1. The monoisotopic (exact) mass is 580 g/mol. The average Bonchev–Trinajstić information content (AvgIpc) is 3.49. The molecule has 0 aliphatic carbocycles. The van der Waals surface area contributed by atoms with Gasteiger partial charge in [-0.05, 0) is 48.9 Å². The third-order valence-corrected chi connectivity index (χ3v) is 8.07. The van der Waals surface area contributed by atoms with Gasteiger partial charge in [0.2, 0.25) is 5.91 Å². The Morgan fingerprint density at radius 3 is 2.50 bits per heavy atom. The van der Waals surface area contributed by atoms with Gasteiger partial charge in [-0.3, -0.25) is 14.2 Å². The quantitative estimate of drug-likeness (QED) is 0.306. The number of methoxy groups -OCH3 is 1. The zero-order valence-corrected chi connectivity index (χ0v) is 23.5. The molecular weight excluding hydrogens is 555 g/mol. The molecule has 42 heavy (non-hydrogen) atoms. The second-order valence-corrected chi connectivity index (χ2v) is 10.8. The summed E-state index contributed by atoms with van der Waals surface area (Å²) in [7, 11) is 1.31. The molecule has 1 aliphatic heterocycles. The van der Waals surface area contributed by atoms with Crippen molar-refractivity contribution >= 4 is 45.9 Å². The van der Waals surface area contributed by atoms with E-state index >= 15 is 0 Å². The summed E-state index contributed by atoms with van der Waals surface area (Å²) >= 11 is 1.24. The van der Waals surface area contributed by atoms with Gasteiger partial charge in [0.05, 0.1) is 29.0 Å². The fraction of sp³-hybridized carbons (Fsp3) is 0.125. The van der Waals surface area contributed by atoms with Gasteiger partial charge in [-0.15, -0.1) is 0 Å². The number of rotatable bonds is 6. The first kappa shape index (κ1) is 27.1. The molecule has 0 radical (unpaired) electrons. The number of nitrogens with one attached hydrogen (secondary N) is 1. The van der Waals surface area contributed by atoms with Crippen molar-refractivity contribution in [3.8, 4) is 0 Å².